The highest BCUT2D eigenvalue weighted by molar-refractivity contribution is 8.00. The zero-order chi connectivity index (χ0) is 20.3. The first-order chi connectivity index (χ1) is 13.3. The van der Waals surface area contributed by atoms with Crippen LogP contribution in [0.3, 0.4) is 0 Å². The number of aromatic nitrogens is 1. The summed E-state index contributed by atoms with van der Waals surface area (Å²) in [6.45, 7) is 5.49. The minimum Gasteiger partial charge on any atom is -0.308 e. The minimum atomic E-state index is -0.275. The molecule has 0 aliphatic carbocycles. The number of thioether (sulfide) groups is 1. The largest absolute Gasteiger partial charge is 0.308 e. The van der Waals surface area contributed by atoms with Crippen molar-refractivity contribution in [3.63, 3.8) is 0 Å². The molecule has 0 atom stereocenters. The van der Waals surface area contributed by atoms with Crippen LogP contribution in [0.4, 0.5) is 9.52 Å². The molecular weight excluding hydrogens is 429 g/mol. The second-order valence-electron chi connectivity index (χ2n) is 6.99. The number of hydrogen-bond donors (Lipinski definition) is 0. The van der Waals surface area contributed by atoms with Crippen LogP contribution in [0.1, 0.15) is 11.1 Å². The van der Waals surface area contributed by atoms with Crippen molar-refractivity contribution in [1.29, 1.82) is 0 Å². The molecule has 0 aliphatic heterocycles. The summed E-state index contributed by atoms with van der Waals surface area (Å²) in [6, 6.07) is 10.4. The van der Waals surface area contributed by atoms with E-state index in [0.29, 0.717) is 6.54 Å². The molecule has 1 aromatic heterocycles. The fourth-order valence-electron chi connectivity index (χ4n) is 2.66. The molecule has 0 saturated carbocycles. The molecule has 4 nitrogen and oxygen atoms in total. The Labute approximate surface area is 185 Å². The molecule has 1 amide bonds. The normalized spacial score (nSPS) is 11.0. The molecule has 156 valence electrons. The minimum absolute atomic E-state index is 0. The SMILES string of the molecule is Cc1cc2nc(N(CCN(C)C)C(=O)CSc3ccc(F)cc3)sc2cc1C.Cl. The number of anilines is 1. The van der Waals surface area contributed by atoms with E-state index in [-0.39, 0.29) is 29.9 Å². The van der Waals surface area contributed by atoms with Crippen LogP contribution < -0.4 is 4.90 Å². The van der Waals surface area contributed by atoms with Gasteiger partial charge in [-0.05, 0) is 75.5 Å². The molecule has 3 aromatic rings. The maximum atomic E-state index is 13.1. The molecule has 8 heteroatoms. The molecule has 0 unspecified atom stereocenters. The van der Waals surface area contributed by atoms with Gasteiger partial charge in [0.15, 0.2) is 5.13 Å². The number of hydrogen-bond acceptors (Lipinski definition) is 5. The van der Waals surface area contributed by atoms with Crippen molar-refractivity contribution in [2.75, 3.05) is 37.8 Å². The number of halogens is 2. The molecule has 0 saturated heterocycles. The predicted molar refractivity (Wildman–Crippen MR) is 124 cm³/mol. The average molecular weight is 454 g/mol. The smallest absolute Gasteiger partial charge is 0.239 e. The summed E-state index contributed by atoms with van der Waals surface area (Å²) in [5.74, 6) is 0.0135. The van der Waals surface area contributed by atoms with E-state index in [4.69, 9.17) is 4.98 Å². The van der Waals surface area contributed by atoms with Crippen LogP contribution in [0.5, 0.6) is 0 Å². The second-order valence-corrected chi connectivity index (χ2v) is 9.05. The van der Waals surface area contributed by atoms with Gasteiger partial charge in [0.1, 0.15) is 5.82 Å². The number of nitrogens with zero attached hydrogens (tertiary/aromatic N) is 3. The summed E-state index contributed by atoms with van der Waals surface area (Å²) in [6.07, 6.45) is 0. The molecule has 0 radical (unpaired) electrons. The Morgan fingerprint density at radius 3 is 2.41 bits per heavy atom. The first kappa shape index (κ1) is 23.6. The third-order valence-electron chi connectivity index (χ3n) is 4.47. The number of amides is 1. The standard InChI is InChI=1S/C21H24FN3OS2.ClH/c1-14-11-18-19(12-15(14)2)28-21(23-18)25(10-9-24(3)4)20(26)13-27-17-7-5-16(22)6-8-17;/h5-8,11-12H,9-10,13H2,1-4H3;1H. The summed E-state index contributed by atoms with van der Waals surface area (Å²) in [7, 11) is 3.97. The summed E-state index contributed by atoms with van der Waals surface area (Å²) in [5, 5.41) is 0.728. The van der Waals surface area contributed by atoms with Crippen LogP contribution in [0.25, 0.3) is 10.2 Å². The fourth-order valence-corrected chi connectivity index (χ4v) is 4.53. The van der Waals surface area contributed by atoms with Crippen molar-refractivity contribution in [2.45, 2.75) is 18.7 Å². The van der Waals surface area contributed by atoms with Crippen LogP contribution >= 0.6 is 35.5 Å². The van der Waals surface area contributed by atoms with Crippen LogP contribution in [0.2, 0.25) is 0 Å². The molecule has 29 heavy (non-hydrogen) atoms. The van der Waals surface area contributed by atoms with Gasteiger partial charge >= 0.3 is 0 Å². The molecule has 1 heterocycles. The summed E-state index contributed by atoms with van der Waals surface area (Å²) >= 11 is 2.96. The van der Waals surface area contributed by atoms with E-state index in [9.17, 15) is 9.18 Å². The van der Waals surface area contributed by atoms with Crippen LogP contribution in [0, 0.1) is 19.7 Å². The summed E-state index contributed by atoms with van der Waals surface area (Å²) in [4.78, 5) is 22.4. The van der Waals surface area contributed by atoms with Crippen molar-refractivity contribution in [3.8, 4) is 0 Å². The van der Waals surface area contributed by atoms with Crippen LogP contribution in [-0.2, 0) is 4.79 Å². The third kappa shape index (κ3) is 6.15. The molecule has 0 bridgehead atoms. The lowest BCUT2D eigenvalue weighted by molar-refractivity contribution is -0.116. The number of fused-ring (bicyclic) bond motifs is 1. The van der Waals surface area contributed by atoms with Crippen molar-refractivity contribution in [2.24, 2.45) is 0 Å². The van der Waals surface area contributed by atoms with Gasteiger partial charge in [-0.25, -0.2) is 9.37 Å². The summed E-state index contributed by atoms with van der Waals surface area (Å²) in [5.41, 5.74) is 3.35. The van der Waals surface area contributed by atoms with Crippen molar-refractivity contribution >= 4 is 56.8 Å². The van der Waals surface area contributed by atoms with E-state index < -0.39 is 0 Å². The van der Waals surface area contributed by atoms with Gasteiger partial charge in [-0.3, -0.25) is 9.69 Å². The highest BCUT2D eigenvalue weighted by Gasteiger charge is 2.20. The molecule has 0 aliphatic rings. The Balaban J connectivity index is 0.00000300. The maximum Gasteiger partial charge on any atom is 0.239 e. The molecule has 3 rings (SSSR count). The fraction of sp³-hybridized carbons (Fsp3) is 0.333. The second kappa shape index (κ2) is 10.4. The number of benzene rings is 2. The maximum absolute atomic E-state index is 13.1. The van der Waals surface area contributed by atoms with E-state index in [1.165, 1.54) is 35.0 Å². The summed E-state index contributed by atoms with van der Waals surface area (Å²) < 4.78 is 14.2. The Morgan fingerprint density at radius 2 is 1.76 bits per heavy atom. The number of thiazole rings is 1. The zero-order valence-corrected chi connectivity index (χ0v) is 19.4. The van der Waals surface area contributed by atoms with Gasteiger partial charge in [-0.2, -0.15) is 0 Å². The average Bonchev–Trinajstić information content (AvgIpc) is 3.03. The lowest BCUT2D eigenvalue weighted by Gasteiger charge is -2.21. The van der Waals surface area contributed by atoms with Crippen LogP contribution in [0.15, 0.2) is 41.3 Å². The lowest BCUT2D eigenvalue weighted by Crippen LogP contribution is -2.37. The monoisotopic (exact) mass is 453 g/mol. The number of rotatable bonds is 7. The van der Waals surface area contributed by atoms with Gasteiger partial charge in [0.25, 0.3) is 0 Å². The van der Waals surface area contributed by atoms with Crippen LogP contribution in [-0.4, -0.2) is 48.7 Å². The first-order valence-electron chi connectivity index (χ1n) is 9.05. The molecule has 2 aromatic carbocycles. The van der Waals surface area contributed by atoms with Gasteiger partial charge in [0, 0.05) is 18.0 Å². The number of likely N-dealkylation sites (N-methyl/N-ethyl adjacent to an activating group) is 1. The van der Waals surface area contributed by atoms with Gasteiger partial charge in [0.2, 0.25) is 5.91 Å². The first-order valence-corrected chi connectivity index (χ1v) is 10.8. The van der Waals surface area contributed by atoms with Gasteiger partial charge < -0.3 is 4.90 Å². The Hall–Kier alpha value is -1.67. The Morgan fingerprint density at radius 1 is 1.10 bits per heavy atom. The van der Waals surface area contributed by atoms with Crippen molar-refractivity contribution in [1.82, 2.24) is 9.88 Å². The van der Waals surface area contributed by atoms with Gasteiger partial charge in [0.05, 0.1) is 16.0 Å². The lowest BCUT2D eigenvalue weighted by atomic mass is 10.1. The molecule has 0 fully saturated rings. The predicted octanol–water partition coefficient (Wildman–Crippen LogP) is 5.16. The van der Waals surface area contributed by atoms with E-state index in [1.54, 1.807) is 28.4 Å². The van der Waals surface area contributed by atoms with E-state index in [1.807, 2.05) is 14.1 Å². The van der Waals surface area contributed by atoms with Gasteiger partial charge in [-0.1, -0.05) is 11.3 Å². The topological polar surface area (TPSA) is 36.4 Å². The molecule has 0 spiro atoms. The van der Waals surface area contributed by atoms with Crippen molar-refractivity contribution in [3.05, 3.63) is 53.3 Å². The Bertz CT molecular complexity index is 937. The molecular formula is C21H25ClFN3OS2. The third-order valence-corrected chi connectivity index (χ3v) is 6.51. The van der Waals surface area contributed by atoms with Gasteiger partial charge in [-0.15, -0.1) is 24.2 Å². The highest BCUT2D eigenvalue weighted by atomic mass is 35.5. The van der Waals surface area contributed by atoms with E-state index in [2.05, 4.69) is 30.9 Å². The number of carbonyl (C=O) groups is 1. The number of carbonyl (C=O) groups excluding carboxylic acids is 1. The zero-order valence-electron chi connectivity index (χ0n) is 16.9. The quantitative estimate of drug-likeness (QED) is 0.463. The molecule has 0 N–H and O–H groups in total. The number of aryl methyl sites for hydroxylation is 2. The van der Waals surface area contributed by atoms with E-state index in [0.717, 1.165) is 26.8 Å². The highest BCUT2D eigenvalue weighted by Crippen LogP contribution is 2.31. The van der Waals surface area contributed by atoms with Crippen molar-refractivity contribution < 1.29 is 9.18 Å². The van der Waals surface area contributed by atoms with E-state index >= 15 is 0 Å². The Kier molecular flexibility index (Phi) is 8.46.